The number of benzene rings is 2. The van der Waals surface area contributed by atoms with Crippen LogP contribution in [-0.2, 0) is 25.7 Å². The summed E-state index contributed by atoms with van der Waals surface area (Å²) in [5, 5.41) is 2.90. The quantitative estimate of drug-likeness (QED) is 0.734. The second kappa shape index (κ2) is 9.20. The smallest absolute Gasteiger partial charge is 0.407 e. The maximum Gasteiger partial charge on any atom is 0.407 e. The fourth-order valence-corrected chi connectivity index (χ4v) is 4.15. The Balaban J connectivity index is 1.93. The summed E-state index contributed by atoms with van der Waals surface area (Å²) in [6.07, 6.45) is -0.599. The Morgan fingerprint density at radius 1 is 1.03 bits per heavy atom. The van der Waals surface area contributed by atoms with Gasteiger partial charge in [0.1, 0.15) is 12.1 Å². The van der Waals surface area contributed by atoms with Crippen LogP contribution < -0.4 is 10.2 Å². The molecule has 3 rings (SSSR count). The van der Waals surface area contributed by atoms with Crippen molar-refractivity contribution in [3.63, 3.8) is 0 Å². The van der Waals surface area contributed by atoms with Crippen LogP contribution in [0.4, 0.5) is 10.5 Å². The first-order chi connectivity index (χ1) is 14.8. The average molecular weight is 424 g/mol. The highest BCUT2D eigenvalue weighted by Crippen LogP contribution is 2.47. The van der Waals surface area contributed by atoms with Gasteiger partial charge in [-0.1, -0.05) is 55.5 Å². The number of hydrogen-bond acceptors (Lipinski definition) is 5. The Kier molecular flexibility index (Phi) is 6.63. The number of ether oxygens (including phenoxy) is 2. The molecule has 0 unspecified atom stereocenters. The molecule has 0 spiro atoms. The van der Waals surface area contributed by atoms with E-state index in [0.29, 0.717) is 5.69 Å². The van der Waals surface area contributed by atoms with Gasteiger partial charge < -0.3 is 14.8 Å². The molecule has 0 fully saturated rings. The van der Waals surface area contributed by atoms with Crippen molar-refractivity contribution in [2.45, 2.75) is 45.9 Å². The number of carbonyl (C=O) groups is 3. The number of hydrogen-bond donors (Lipinski definition) is 1. The summed E-state index contributed by atoms with van der Waals surface area (Å²) < 4.78 is 10.7. The first kappa shape index (κ1) is 22.3. The molecule has 2 aromatic rings. The van der Waals surface area contributed by atoms with Gasteiger partial charge in [-0.05, 0) is 31.0 Å². The molecule has 1 aliphatic heterocycles. The number of amides is 2. The summed E-state index contributed by atoms with van der Waals surface area (Å²) in [6, 6.07) is 16.1. The minimum Gasteiger partial charge on any atom is -0.464 e. The number of nitrogens with zero attached hydrogens (tertiary/aromatic N) is 1. The van der Waals surface area contributed by atoms with E-state index in [0.717, 1.165) is 11.1 Å². The number of nitrogens with one attached hydrogen (secondary N) is 1. The summed E-state index contributed by atoms with van der Waals surface area (Å²) in [5.74, 6) is -1.27. The first-order valence-electron chi connectivity index (χ1n) is 10.3. The molecule has 3 atom stereocenters. The molecule has 0 aliphatic carbocycles. The van der Waals surface area contributed by atoms with Crippen LogP contribution in [0.2, 0.25) is 0 Å². The Morgan fingerprint density at radius 2 is 1.68 bits per heavy atom. The van der Waals surface area contributed by atoms with Crippen LogP contribution in [0.25, 0.3) is 0 Å². The second-order valence-corrected chi connectivity index (χ2v) is 7.75. The third-order valence-electron chi connectivity index (χ3n) is 5.85. The van der Waals surface area contributed by atoms with E-state index in [1.807, 2.05) is 49.4 Å². The van der Waals surface area contributed by atoms with E-state index in [2.05, 4.69) is 5.32 Å². The van der Waals surface area contributed by atoms with Crippen LogP contribution in [0.15, 0.2) is 54.6 Å². The highest BCUT2D eigenvalue weighted by atomic mass is 16.5. The largest absolute Gasteiger partial charge is 0.464 e. The van der Waals surface area contributed by atoms with Crippen molar-refractivity contribution >= 4 is 23.7 Å². The molecule has 1 N–H and O–H groups in total. The van der Waals surface area contributed by atoms with Crippen LogP contribution in [0.1, 0.15) is 44.9 Å². The van der Waals surface area contributed by atoms with E-state index >= 15 is 0 Å². The molecule has 0 saturated carbocycles. The number of para-hydroxylation sites is 1. The van der Waals surface area contributed by atoms with Gasteiger partial charge in [0.15, 0.2) is 0 Å². The van der Waals surface area contributed by atoms with Crippen molar-refractivity contribution in [1.29, 1.82) is 0 Å². The van der Waals surface area contributed by atoms with Crippen molar-refractivity contribution in [2.75, 3.05) is 11.5 Å². The van der Waals surface area contributed by atoms with Gasteiger partial charge in [-0.15, -0.1) is 0 Å². The Hall–Kier alpha value is -3.35. The van der Waals surface area contributed by atoms with Crippen LogP contribution in [0.3, 0.4) is 0 Å². The van der Waals surface area contributed by atoms with Gasteiger partial charge in [0, 0.05) is 12.8 Å². The summed E-state index contributed by atoms with van der Waals surface area (Å²) in [7, 11) is 0. The fraction of sp³-hybridized carbons (Fsp3) is 0.375. The summed E-state index contributed by atoms with van der Waals surface area (Å²) in [6.45, 7) is 6.96. The molecule has 31 heavy (non-hydrogen) atoms. The lowest BCUT2D eigenvalue weighted by molar-refractivity contribution is -0.153. The summed E-state index contributed by atoms with van der Waals surface area (Å²) >= 11 is 0. The zero-order valence-corrected chi connectivity index (χ0v) is 18.3. The van der Waals surface area contributed by atoms with E-state index in [-0.39, 0.29) is 19.1 Å². The monoisotopic (exact) mass is 424 g/mol. The minimum atomic E-state index is -1.30. The lowest BCUT2D eigenvalue weighted by Gasteiger charge is -2.50. The number of anilines is 1. The van der Waals surface area contributed by atoms with Crippen molar-refractivity contribution in [3.8, 4) is 0 Å². The standard InChI is InChI=1S/C24H28N2O5/c1-5-30-22(28)24(4)16(2)21(19-13-9-10-14-20(19)26(24)17(3)27)25-23(29)31-15-18-11-7-6-8-12-18/h6-14,16,21H,5,15H2,1-4H3,(H,25,29)/t16-,21-,24+/m1/s1. The van der Waals surface area contributed by atoms with Gasteiger partial charge in [-0.3, -0.25) is 9.69 Å². The van der Waals surface area contributed by atoms with Crippen molar-refractivity contribution in [1.82, 2.24) is 5.32 Å². The van der Waals surface area contributed by atoms with Gasteiger partial charge in [0.25, 0.3) is 0 Å². The number of esters is 1. The Labute approximate surface area is 182 Å². The maximum absolute atomic E-state index is 13.0. The molecule has 0 bridgehead atoms. The zero-order chi connectivity index (χ0) is 22.6. The molecule has 2 aromatic carbocycles. The third-order valence-corrected chi connectivity index (χ3v) is 5.85. The molecule has 0 radical (unpaired) electrons. The van der Waals surface area contributed by atoms with Crippen LogP contribution in [-0.4, -0.2) is 30.1 Å². The van der Waals surface area contributed by atoms with E-state index < -0.39 is 29.6 Å². The lowest BCUT2D eigenvalue weighted by Crippen LogP contribution is -2.64. The number of rotatable bonds is 5. The van der Waals surface area contributed by atoms with Crippen molar-refractivity contribution in [3.05, 3.63) is 65.7 Å². The van der Waals surface area contributed by atoms with E-state index in [9.17, 15) is 14.4 Å². The molecule has 1 heterocycles. The van der Waals surface area contributed by atoms with Gasteiger partial charge in [0.05, 0.1) is 18.3 Å². The fourth-order valence-electron chi connectivity index (χ4n) is 4.15. The second-order valence-electron chi connectivity index (χ2n) is 7.75. The number of fused-ring (bicyclic) bond motifs is 1. The Morgan fingerprint density at radius 3 is 2.32 bits per heavy atom. The van der Waals surface area contributed by atoms with Crippen LogP contribution in [0, 0.1) is 5.92 Å². The minimum absolute atomic E-state index is 0.129. The van der Waals surface area contributed by atoms with Gasteiger partial charge in [-0.2, -0.15) is 0 Å². The van der Waals surface area contributed by atoms with Gasteiger partial charge in [0.2, 0.25) is 5.91 Å². The molecule has 1 aliphatic rings. The van der Waals surface area contributed by atoms with E-state index in [4.69, 9.17) is 9.47 Å². The molecule has 0 aromatic heterocycles. The van der Waals surface area contributed by atoms with Gasteiger partial charge >= 0.3 is 12.1 Å². The van der Waals surface area contributed by atoms with Gasteiger partial charge in [-0.25, -0.2) is 9.59 Å². The molecule has 0 saturated heterocycles. The van der Waals surface area contributed by atoms with E-state index in [1.54, 1.807) is 26.0 Å². The number of carbonyl (C=O) groups excluding carboxylic acids is 3. The lowest BCUT2D eigenvalue weighted by atomic mass is 9.73. The van der Waals surface area contributed by atoms with Crippen LogP contribution >= 0.6 is 0 Å². The summed E-state index contributed by atoms with van der Waals surface area (Å²) in [4.78, 5) is 39.8. The molecular formula is C24H28N2O5. The molecule has 7 heteroatoms. The highest BCUT2D eigenvalue weighted by molar-refractivity contribution is 6.02. The third kappa shape index (κ3) is 4.26. The topological polar surface area (TPSA) is 84.9 Å². The molecule has 7 nitrogen and oxygen atoms in total. The normalized spacial score (nSPS) is 22.3. The van der Waals surface area contributed by atoms with Crippen LogP contribution in [0.5, 0.6) is 0 Å². The first-order valence-corrected chi connectivity index (χ1v) is 10.3. The zero-order valence-electron chi connectivity index (χ0n) is 18.3. The molecule has 2 amide bonds. The molecule has 164 valence electrons. The predicted octanol–water partition coefficient (Wildman–Crippen LogP) is 3.98. The Bertz CT molecular complexity index is 961. The SMILES string of the molecule is CCOC(=O)[C@]1(C)[C@H](C)[C@@H](NC(=O)OCc2ccccc2)c2ccccc2N1C(C)=O. The predicted molar refractivity (Wildman–Crippen MR) is 116 cm³/mol. The van der Waals surface area contributed by atoms with Crippen molar-refractivity contribution < 1.29 is 23.9 Å². The van der Waals surface area contributed by atoms with E-state index in [1.165, 1.54) is 11.8 Å². The average Bonchev–Trinajstić information content (AvgIpc) is 2.76. The van der Waals surface area contributed by atoms with Crippen molar-refractivity contribution in [2.24, 2.45) is 5.92 Å². The summed E-state index contributed by atoms with van der Waals surface area (Å²) in [5.41, 5.74) is 0.877. The molecular weight excluding hydrogens is 396 g/mol. The maximum atomic E-state index is 13.0. The highest BCUT2D eigenvalue weighted by Gasteiger charge is 2.55. The number of alkyl carbamates (subject to hydrolysis) is 1.